The van der Waals surface area contributed by atoms with E-state index in [4.69, 9.17) is 28.9 Å². The van der Waals surface area contributed by atoms with Gasteiger partial charge in [0.1, 0.15) is 5.00 Å². The number of anilines is 1. The molecule has 0 aliphatic heterocycles. The third-order valence-electron chi connectivity index (χ3n) is 4.92. The van der Waals surface area contributed by atoms with Gasteiger partial charge in [0.2, 0.25) is 5.91 Å². The maximum atomic E-state index is 12.4. The summed E-state index contributed by atoms with van der Waals surface area (Å²) in [4.78, 5) is 25.6. The Morgan fingerprint density at radius 3 is 2.79 bits per heavy atom. The number of nitrogens with one attached hydrogen (secondary N) is 1. The molecule has 2 aromatic rings. The highest BCUT2D eigenvalue weighted by atomic mass is 35.5. The number of halogens is 2. The quantitative estimate of drug-likeness (QED) is 0.568. The molecule has 2 amide bonds. The van der Waals surface area contributed by atoms with Crippen LogP contribution in [0.3, 0.4) is 0 Å². The Bertz CT molecular complexity index is 937. The van der Waals surface area contributed by atoms with Crippen molar-refractivity contribution >= 4 is 57.4 Å². The van der Waals surface area contributed by atoms with Crippen molar-refractivity contribution in [2.45, 2.75) is 39.0 Å². The third kappa shape index (κ3) is 4.77. The molecule has 3 N–H and O–H groups in total. The fraction of sp³-hybridized carbons (Fsp3) is 0.333. The molecule has 0 bridgehead atoms. The van der Waals surface area contributed by atoms with Gasteiger partial charge < -0.3 is 11.1 Å². The molecule has 1 aliphatic rings. The lowest BCUT2D eigenvalue weighted by Gasteiger charge is -2.21. The molecule has 1 aliphatic carbocycles. The maximum Gasteiger partial charge on any atom is 0.251 e. The van der Waals surface area contributed by atoms with Crippen LogP contribution in [0.4, 0.5) is 5.00 Å². The van der Waals surface area contributed by atoms with E-state index >= 15 is 0 Å². The smallest absolute Gasteiger partial charge is 0.251 e. The molecule has 0 radical (unpaired) electrons. The lowest BCUT2D eigenvalue weighted by atomic mass is 9.84. The van der Waals surface area contributed by atoms with Gasteiger partial charge in [0.05, 0.1) is 15.6 Å². The molecule has 1 unspecified atom stereocenters. The highest BCUT2D eigenvalue weighted by molar-refractivity contribution is 7.17. The van der Waals surface area contributed by atoms with Crippen molar-refractivity contribution in [3.63, 3.8) is 0 Å². The first-order chi connectivity index (χ1) is 13.4. The number of carbonyl (C=O) groups is 2. The van der Waals surface area contributed by atoms with Crippen molar-refractivity contribution in [1.29, 1.82) is 0 Å². The number of nitrogens with two attached hydrogens (primary N) is 1. The van der Waals surface area contributed by atoms with Crippen molar-refractivity contribution in [3.8, 4) is 0 Å². The van der Waals surface area contributed by atoms with E-state index < -0.39 is 5.91 Å². The first-order valence-electron chi connectivity index (χ1n) is 9.27. The summed E-state index contributed by atoms with van der Waals surface area (Å²) in [5.41, 5.74) is 7.85. The molecule has 1 atom stereocenters. The van der Waals surface area contributed by atoms with Crippen LogP contribution < -0.4 is 11.1 Å². The normalized spacial score (nSPS) is 16.2. The number of primary amides is 1. The molecule has 0 saturated heterocycles. The SMILES string of the molecule is CCCC1CCc2c(sc(NC(=O)C=Cc3ccc(Cl)c(Cl)c3)c2C(N)=O)C1. The topological polar surface area (TPSA) is 72.2 Å². The molecule has 0 spiro atoms. The van der Waals surface area contributed by atoms with Gasteiger partial charge in [-0.1, -0.05) is 49.0 Å². The molecular weight excluding hydrogens is 415 g/mol. The second-order valence-electron chi connectivity index (χ2n) is 6.97. The summed E-state index contributed by atoms with van der Waals surface area (Å²) in [5.74, 6) is -0.178. The average Bonchev–Trinajstić information content (AvgIpc) is 3.00. The standard InChI is InChI=1S/C21H22Cl2N2O2S/c1-2-3-12-4-7-14-17(11-12)28-21(19(14)20(24)27)25-18(26)9-6-13-5-8-15(22)16(23)10-13/h5-6,8-10,12H,2-4,7,11H2,1H3,(H2,24,27)(H,25,26). The van der Waals surface area contributed by atoms with Gasteiger partial charge in [0.15, 0.2) is 0 Å². The van der Waals surface area contributed by atoms with Crippen molar-refractivity contribution in [1.82, 2.24) is 0 Å². The van der Waals surface area contributed by atoms with Crippen molar-refractivity contribution in [2.75, 3.05) is 5.32 Å². The van der Waals surface area contributed by atoms with Crippen molar-refractivity contribution in [2.24, 2.45) is 11.7 Å². The Morgan fingerprint density at radius 2 is 2.11 bits per heavy atom. The number of hydrogen-bond acceptors (Lipinski definition) is 3. The molecule has 0 saturated carbocycles. The number of benzene rings is 1. The summed E-state index contributed by atoms with van der Waals surface area (Å²) < 4.78 is 0. The van der Waals surface area contributed by atoms with E-state index in [1.165, 1.54) is 28.7 Å². The number of carbonyl (C=O) groups excluding carboxylic acids is 2. The van der Waals surface area contributed by atoms with E-state index in [1.54, 1.807) is 24.3 Å². The van der Waals surface area contributed by atoms with Crippen LogP contribution in [0.2, 0.25) is 10.0 Å². The zero-order valence-corrected chi connectivity index (χ0v) is 17.9. The van der Waals surface area contributed by atoms with E-state index in [1.807, 2.05) is 0 Å². The van der Waals surface area contributed by atoms with E-state index in [-0.39, 0.29) is 5.91 Å². The minimum atomic E-state index is -0.491. The van der Waals surface area contributed by atoms with E-state index in [2.05, 4.69) is 12.2 Å². The van der Waals surface area contributed by atoms with Crippen LogP contribution >= 0.6 is 34.5 Å². The van der Waals surface area contributed by atoms with Gasteiger partial charge in [-0.05, 0) is 54.5 Å². The first kappa shape index (κ1) is 20.9. The fourth-order valence-corrected chi connectivity index (χ4v) is 5.28. The Balaban J connectivity index is 1.78. The second kappa shape index (κ2) is 9.12. The largest absolute Gasteiger partial charge is 0.365 e. The summed E-state index contributed by atoms with van der Waals surface area (Å²) in [5, 5.41) is 4.25. The molecule has 1 heterocycles. The van der Waals surface area contributed by atoms with Gasteiger partial charge in [-0.2, -0.15) is 0 Å². The summed E-state index contributed by atoms with van der Waals surface area (Å²) in [6, 6.07) is 5.12. The molecule has 1 aromatic carbocycles. The van der Waals surface area contributed by atoms with Gasteiger partial charge in [0.25, 0.3) is 5.91 Å². The summed E-state index contributed by atoms with van der Waals surface area (Å²) in [7, 11) is 0. The predicted molar refractivity (Wildman–Crippen MR) is 117 cm³/mol. The lowest BCUT2D eigenvalue weighted by Crippen LogP contribution is -2.19. The zero-order valence-electron chi connectivity index (χ0n) is 15.6. The second-order valence-corrected chi connectivity index (χ2v) is 8.89. The molecule has 1 aromatic heterocycles. The number of hydrogen-bond donors (Lipinski definition) is 2. The molecule has 0 fully saturated rings. The Kier molecular flexibility index (Phi) is 6.81. The summed E-state index contributed by atoms with van der Waals surface area (Å²) in [6.07, 6.45) is 8.22. The van der Waals surface area contributed by atoms with Crippen LogP contribution in [0.5, 0.6) is 0 Å². The predicted octanol–water partition coefficient (Wildman–Crippen LogP) is 5.71. The van der Waals surface area contributed by atoms with Crippen LogP contribution in [-0.4, -0.2) is 11.8 Å². The zero-order chi connectivity index (χ0) is 20.3. The van der Waals surface area contributed by atoms with Gasteiger partial charge in [-0.15, -0.1) is 11.3 Å². The highest BCUT2D eigenvalue weighted by Gasteiger charge is 2.28. The Morgan fingerprint density at radius 1 is 1.32 bits per heavy atom. The summed E-state index contributed by atoms with van der Waals surface area (Å²) in [6.45, 7) is 2.19. The number of thiophene rings is 1. The van der Waals surface area contributed by atoms with E-state index in [9.17, 15) is 9.59 Å². The van der Waals surface area contributed by atoms with Gasteiger partial charge in [-0.3, -0.25) is 9.59 Å². The van der Waals surface area contributed by atoms with Crippen LogP contribution in [0.1, 0.15) is 52.5 Å². The van der Waals surface area contributed by atoms with Crippen LogP contribution in [-0.2, 0) is 17.6 Å². The van der Waals surface area contributed by atoms with Crippen LogP contribution in [0.15, 0.2) is 24.3 Å². The minimum absolute atomic E-state index is 0.322. The average molecular weight is 437 g/mol. The van der Waals surface area contributed by atoms with Gasteiger partial charge in [0, 0.05) is 11.0 Å². The molecule has 7 heteroatoms. The Hall–Kier alpha value is -1.82. The molecular formula is C21H22Cl2N2O2S. The van der Waals surface area contributed by atoms with Crippen LogP contribution in [0, 0.1) is 5.92 Å². The minimum Gasteiger partial charge on any atom is -0.365 e. The monoisotopic (exact) mass is 436 g/mol. The number of fused-ring (bicyclic) bond motifs is 1. The molecule has 148 valence electrons. The Labute approximate surface area is 178 Å². The number of rotatable bonds is 6. The van der Waals surface area contributed by atoms with E-state index in [0.717, 1.165) is 36.8 Å². The van der Waals surface area contributed by atoms with E-state index in [0.29, 0.717) is 26.5 Å². The fourth-order valence-electron chi connectivity index (χ4n) is 3.60. The third-order valence-corrected chi connectivity index (χ3v) is 6.83. The highest BCUT2D eigenvalue weighted by Crippen LogP contribution is 2.40. The van der Waals surface area contributed by atoms with Gasteiger partial charge in [-0.25, -0.2) is 0 Å². The van der Waals surface area contributed by atoms with Crippen molar-refractivity contribution < 1.29 is 9.59 Å². The molecule has 3 rings (SSSR count). The maximum absolute atomic E-state index is 12.4. The number of amides is 2. The molecule has 28 heavy (non-hydrogen) atoms. The van der Waals surface area contributed by atoms with Crippen LogP contribution in [0.25, 0.3) is 6.08 Å². The summed E-state index contributed by atoms with van der Waals surface area (Å²) >= 11 is 13.4. The van der Waals surface area contributed by atoms with Crippen molar-refractivity contribution in [3.05, 3.63) is 55.9 Å². The lowest BCUT2D eigenvalue weighted by molar-refractivity contribution is -0.111. The first-order valence-corrected chi connectivity index (χ1v) is 10.8. The molecule has 4 nitrogen and oxygen atoms in total. The van der Waals surface area contributed by atoms with Gasteiger partial charge >= 0.3 is 0 Å².